The number of para-hydroxylation sites is 1. The number of carbonyl (C=O) groups excluding carboxylic acids is 3. The predicted octanol–water partition coefficient (Wildman–Crippen LogP) is 2.29. The lowest BCUT2D eigenvalue weighted by Crippen LogP contribution is -2.63. The highest BCUT2D eigenvalue weighted by atomic mass is 16.5. The molecule has 0 saturated carbocycles. The lowest BCUT2D eigenvalue weighted by atomic mass is 9.86. The van der Waals surface area contributed by atoms with Crippen molar-refractivity contribution in [3.05, 3.63) is 70.9 Å². The lowest BCUT2D eigenvalue weighted by Gasteiger charge is -2.47. The minimum atomic E-state index is -0.597. The number of benzene rings is 2. The summed E-state index contributed by atoms with van der Waals surface area (Å²) >= 11 is 0. The van der Waals surface area contributed by atoms with Crippen LogP contribution in [0.1, 0.15) is 33.2 Å². The SMILES string of the molecule is COCCN1CC(=O)N2[C@H](c3ccc(C(=O)OC)cc3)c3[nH]c4ccccc4c3C[C@H]2C1=O. The van der Waals surface area contributed by atoms with Crippen LogP contribution < -0.4 is 0 Å². The number of H-pyrrole nitrogens is 1. The average molecular weight is 447 g/mol. The van der Waals surface area contributed by atoms with Gasteiger partial charge in [0.1, 0.15) is 6.04 Å². The maximum absolute atomic E-state index is 13.4. The van der Waals surface area contributed by atoms with Crippen LogP contribution in [0.4, 0.5) is 0 Å². The molecule has 0 unspecified atom stereocenters. The Bertz CT molecular complexity index is 1230. The highest BCUT2D eigenvalue weighted by Gasteiger charge is 2.48. The van der Waals surface area contributed by atoms with Crippen LogP contribution in [0.3, 0.4) is 0 Å². The molecule has 8 nitrogen and oxygen atoms in total. The van der Waals surface area contributed by atoms with E-state index in [2.05, 4.69) is 4.98 Å². The van der Waals surface area contributed by atoms with Gasteiger partial charge in [-0.15, -0.1) is 0 Å². The van der Waals surface area contributed by atoms with Crippen LogP contribution >= 0.6 is 0 Å². The zero-order valence-corrected chi connectivity index (χ0v) is 18.5. The molecule has 3 aromatic rings. The Hall–Kier alpha value is -3.65. The summed E-state index contributed by atoms with van der Waals surface area (Å²) in [6.45, 7) is 0.776. The topological polar surface area (TPSA) is 91.9 Å². The molecule has 33 heavy (non-hydrogen) atoms. The van der Waals surface area contributed by atoms with Gasteiger partial charge in [0.15, 0.2) is 0 Å². The van der Waals surface area contributed by atoms with E-state index in [1.807, 2.05) is 36.4 Å². The third-order valence-electron chi connectivity index (χ3n) is 6.56. The summed E-state index contributed by atoms with van der Waals surface area (Å²) in [5, 5.41) is 1.05. The maximum Gasteiger partial charge on any atom is 0.337 e. The smallest absolute Gasteiger partial charge is 0.337 e. The number of amides is 2. The summed E-state index contributed by atoms with van der Waals surface area (Å²) in [4.78, 5) is 45.5. The summed E-state index contributed by atoms with van der Waals surface area (Å²) in [5.41, 5.74) is 4.17. The van der Waals surface area contributed by atoms with E-state index in [1.54, 1.807) is 29.0 Å². The number of nitrogens with one attached hydrogen (secondary N) is 1. The molecule has 0 radical (unpaired) electrons. The number of fused-ring (bicyclic) bond motifs is 4. The number of esters is 1. The minimum Gasteiger partial charge on any atom is -0.465 e. The second-order valence-electron chi connectivity index (χ2n) is 8.35. The van der Waals surface area contributed by atoms with Crippen LogP contribution in [0.2, 0.25) is 0 Å². The molecule has 1 N–H and O–H groups in total. The second-order valence-corrected chi connectivity index (χ2v) is 8.35. The monoisotopic (exact) mass is 447 g/mol. The van der Waals surface area contributed by atoms with E-state index >= 15 is 0 Å². The highest BCUT2D eigenvalue weighted by Crippen LogP contribution is 2.42. The quantitative estimate of drug-likeness (QED) is 0.606. The molecule has 170 valence electrons. The molecule has 2 aliphatic rings. The van der Waals surface area contributed by atoms with Gasteiger partial charge in [-0.1, -0.05) is 30.3 Å². The number of aromatic amines is 1. The predicted molar refractivity (Wildman–Crippen MR) is 121 cm³/mol. The van der Waals surface area contributed by atoms with Gasteiger partial charge in [-0.2, -0.15) is 0 Å². The number of methoxy groups -OCH3 is 2. The maximum atomic E-state index is 13.4. The van der Waals surface area contributed by atoms with Crippen LogP contribution in [-0.4, -0.2) is 72.5 Å². The molecule has 8 heteroatoms. The molecule has 2 aliphatic heterocycles. The standard InChI is InChI=1S/C25H25N3O5/c1-32-12-11-27-14-21(29)28-20(24(27)30)13-18-17-5-3-4-6-19(17)26-22(18)23(28)15-7-9-16(10-8-15)25(31)33-2/h3-10,20,23,26H,11-14H2,1-2H3/t20-,23+/m0/s1. The summed E-state index contributed by atoms with van der Waals surface area (Å²) < 4.78 is 9.94. The number of piperazine rings is 1. The minimum absolute atomic E-state index is 0.0188. The Morgan fingerprint density at radius 2 is 1.85 bits per heavy atom. The fraction of sp³-hybridized carbons (Fsp3) is 0.320. The fourth-order valence-electron chi connectivity index (χ4n) is 4.98. The third kappa shape index (κ3) is 3.47. The van der Waals surface area contributed by atoms with Crippen molar-refractivity contribution in [1.82, 2.24) is 14.8 Å². The molecule has 0 spiro atoms. The van der Waals surface area contributed by atoms with Gasteiger partial charge in [-0.3, -0.25) is 9.59 Å². The van der Waals surface area contributed by atoms with Crippen molar-refractivity contribution in [2.45, 2.75) is 18.5 Å². The molecule has 3 heterocycles. The number of aromatic nitrogens is 1. The molecular weight excluding hydrogens is 422 g/mol. The molecule has 1 fully saturated rings. The van der Waals surface area contributed by atoms with Gasteiger partial charge in [-0.25, -0.2) is 4.79 Å². The average Bonchev–Trinajstić information content (AvgIpc) is 3.22. The molecular formula is C25H25N3O5. The van der Waals surface area contributed by atoms with Gasteiger partial charge in [0.25, 0.3) is 0 Å². The van der Waals surface area contributed by atoms with Crippen molar-refractivity contribution in [3.8, 4) is 0 Å². The van der Waals surface area contributed by atoms with Crippen LogP contribution in [0, 0.1) is 0 Å². The molecule has 2 atom stereocenters. The molecule has 1 saturated heterocycles. The number of hydrogen-bond donors (Lipinski definition) is 1. The highest BCUT2D eigenvalue weighted by molar-refractivity contribution is 5.97. The van der Waals surface area contributed by atoms with E-state index in [9.17, 15) is 14.4 Å². The molecule has 0 aliphatic carbocycles. The Labute approximate surface area is 191 Å². The first-order chi connectivity index (χ1) is 16.0. The van der Waals surface area contributed by atoms with Gasteiger partial charge in [-0.05, 0) is 29.3 Å². The van der Waals surface area contributed by atoms with E-state index in [4.69, 9.17) is 9.47 Å². The zero-order chi connectivity index (χ0) is 23.1. The molecule has 5 rings (SSSR count). The molecule has 0 bridgehead atoms. The van der Waals surface area contributed by atoms with Gasteiger partial charge in [0, 0.05) is 36.7 Å². The number of ether oxygens (including phenoxy) is 2. The van der Waals surface area contributed by atoms with Gasteiger partial charge < -0.3 is 24.3 Å². The lowest BCUT2D eigenvalue weighted by molar-refractivity contribution is -0.159. The van der Waals surface area contributed by atoms with Crippen molar-refractivity contribution in [2.24, 2.45) is 0 Å². The normalized spacial score (nSPS) is 20.1. The summed E-state index contributed by atoms with van der Waals surface area (Å²) in [7, 11) is 2.92. The number of carbonyl (C=O) groups is 3. The van der Waals surface area contributed by atoms with Crippen molar-refractivity contribution in [1.29, 1.82) is 0 Å². The van der Waals surface area contributed by atoms with Crippen molar-refractivity contribution in [2.75, 3.05) is 33.9 Å². The molecule has 2 aromatic carbocycles. The number of hydrogen-bond acceptors (Lipinski definition) is 5. The van der Waals surface area contributed by atoms with Crippen LogP contribution in [0.25, 0.3) is 10.9 Å². The Kier molecular flexibility index (Phi) is 5.38. The molecule has 2 amide bonds. The largest absolute Gasteiger partial charge is 0.465 e. The fourth-order valence-corrected chi connectivity index (χ4v) is 4.98. The van der Waals surface area contributed by atoms with Crippen molar-refractivity contribution < 1.29 is 23.9 Å². The first-order valence-electron chi connectivity index (χ1n) is 10.9. The first-order valence-corrected chi connectivity index (χ1v) is 10.9. The summed E-state index contributed by atoms with van der Waals surface area (Å²) in [6, 6.07) is 13.9. The van der Waals surface area contributed by atoms with Crippen LogP contribution in [0.5, 0.6) is 0 Å². The van der Waals surface area contributed by atoms with E-state index in [0.29, 0.717) is 25.1 Å². The van der Waals surface area contributed by atoms with Gasteiger partial charge >= 0.3 is 5.97 Å². The van der Waals surface area contributed by atoms with Gasteiger partial charge in [0.2, 0.25) is 11.8 Å². The van der Waals surface area contributed by atoms with E-state index in [0.717, 1.165) is 27.7 Å². The summed E-state index contributed by atoms with van der Waals surface area (Å²) in [5.74, 6) is -0.604. The number of rotatable bonds is 5. The number of nitrogens with zero attached hydrogens (tertiary/aromatic N) is 2. The van der Waals surface area contributed by atoms with Crippen molar-refractivity contribution in [3.63, 3.8) is 0 Å². The summed E-state index contributed by atoms with van der Waals surface area (Å²) in [6.07, 6.45) is 0.449. The van der Waals surface area contributed by atoms with E-state index in [-0.39, 0.29) is 18.4 Å². The van der Waals surface area contributed by atoms with E-state index < -0.39 is 18.1 Å². The van der Waals surface area contributed by atoms with Gasteiger partial charge in [0.05, 0.1) is 31.9 Å². The molecule has 1 aromatic heterocycles. The Balaban J connectivity index is 1.63. The third-order valence-corrected chi connectivity index (χ3v) is 6.56. The van der Waals surface area contributed by atoms with Crippen LogP contribution in [-0.2, 0) is 25.5 Å². The van der Waals surface area contributed by atoms with Crippen LogP contribution in [0.15, 0.2) is 48.5 Å². The second kappa shape index (κ2) is 8.37. The first kappa shape index (κ1) is 21.2. The zero-order valence-electron chi connectivity index (χ0n) is 18.5. The van der Waals surface area contributed by atoms with E-state index in [1.165, 1.54) is 7.11 Å². The van der Waals surface area contributed by atoms with Crippen molar-refractivity contribution >= 4 is 28.7 Å². The Morgan fingerprint density at radius 3 is 2.58 bits per heavy atom. The Morgan fingerprint density at radius 1 is 1.09 bits per heavy atom.